The molecule has 0 saturated heterocycles. The van der Waals surface area contributed by atoms with Crippen LogP contribution in [0.1, 0.15) is 31.9 Å². The molecule has 1 aliphatic heterocycles. The summed E-state index contributed by atoms with van der Waals surface area (Å²) in [5.41, 5.74) is 0.309. The normalized spacial score (nSPS) is 20.9. The molecule has 110 valence electrons. The van der Waals surface area contributed by atoms with E-state index in [1.807, 2.05) is 0 Å². The molecule has 7 heteroatoms. The molecule has 1 atom stereocenters. The zero-order valence-electron chi connectivity index (χ0n) is 11.5. The van der Waals surface area contributed by atoms with Crippen LogP contribution in [0.5, 0.6) is 0 Å². The fourth-order valence-corrected chi connectivity index (χ4v) is 4.55. The molecule has 5 nitrogen and oxygen atoms in total. The first-order valence-corrected chi connectivity index (χ1v) is 7.63. The number of fused-ring (bicyclic) bond motifs is 1. The van der Waals surface area contributed by atoms with Gasteiger partial charge in [0, 0.05) is 6.04 Å². The van der Waals surface area contributed by atoms with E-state index in [2.05, 4.69) is 4.74 Å². The topological polar surface area (TPSA) is 63.7 Å². The Balaban J connectivity index is 2.58. The van der Waals surface area contributed by atoms with Gasteiger partial charge in [0.1, 0.15) is 5.82 Å². The number of methoxy groups -OCH3 is 1. The summed E-state index contributed by atoms with van der Waals surface area (Å²) in [4.78, 5) is 11.6. The standard InChI is InChI=1S/C13H16FNO4S/c1-8(2)15-11(7-13(16)19-3)10-6-9(14)4-5-12(10)20(15,17)18/h4-6,8,11H,7H2,1-3H3/t11-/m0/s1. The predicted octanol–water partition coefficient (Wildman–Crippen LogP) is 1.84. The van der Waals surface area contributed by atoms with Crippen LogP contribution in [0.25, 0.3) is 0 Å². The molecule has 0 N–H and O–H groups in total. The summed E-state index contributed by atoms with van der Waals surface area (Å²) in [6.45, 7) is 3.42. The van der Waals surface area contributed by atoms with Crippen LogP contribution in [0.4, 0.5) is 4.39 Å². The zero-order valence-corrected chi connectivity index (χ0v) is 12.3. The molecule has 2 rings (SSSR count). The first-order valence-electron chi connectivity index (χ1n) is 6.19. The van der Waals surface area contributed by atoms with Crippen LogP contribution >= 0.6 is 0 Å². The molecular formula is C13H16FNO4S. The van der Waals surface area contributed by atoms with E-state index in [0.717, 1.165) is 6.07 Å². The van der Waals surface area contributed by atoms with Crippen LogP contribution in [0.3, 0.4) is 0 Å². The molecule has 0 spiro atoms. The Morgan fingerprint density at radius 2 is 2.10 bits per heavy atom. The second kappa shape index (κ2) is 5.14. The summed E-state index contributed by atoms with van der Waals surface area (Å²) in [5, 5.41) is 0. The number of nitrogens with zero attached hydrogens (tertiary/aromatic N) is 1. The second-order valence-corrected chi connectivity index (χ2v) is 6.72. The molecule has 0 aromatic heterocycles. The maximum absolute atomic E-state index is 13.4. The van der Waals surface area contributed by atoms with Crippen molar-refractivity contribution in [3.63, 3.8) is 0 Å². The molecule has 0 fully saturated rings. The van der Waals surface area contributed by atoms with Crippen molar-refractivity contribution in [2.24, 2.45) is 0 Å². The molecule has 0 radical (unpaired) electrons. The molecule has 1 aliphatic rings. The van der Waals surface area contributed by atoms with Gasteiger partial charge in [0.15, 0.2) is 0 Å². The van der Waals surface area contributed by atoms with Crippen molar-refractivity contribution in [2.75, 3.05) is 7.11 Å². The van der Waals surface area contributed by atoms with Gasteiger partial charge in [0.2, 0.25) is 10.0 Å². The molecular weight excluding hydrogens is 285 g/mol. The van der Waals surface area contributed by atoms with Crippen LogP contribution < -0.4 is 0 Å². The summed E-state index contributed by atoms with van der Waals surface area (Å²) in [7, 11) is -2.47. The smallest absolute Gasteiger partial charge is 0.307 e. The number of hydrogen-bond acceptors (Lipinski definition) is 4. The summed E-state index contributed by atoms with van der Waals surface area (Å²) in [5.74, 6) is -1.06. The van der Waals surface area contributed by atoms with Gasteiger partial charge in [0.25, 0.3) is 0 Å². The van der Waals surface area contributed by atoms with Gasteiger partial charge in [-0.3, -0.25) is 4.79 Å². The zero-order chi connectivity index (χ0) is 15.1. The van der Waals surface area contributed by atoms with Crippen LogP contribution in [-0.2, 0) is 19.6 Å². The largest absolute Gasteiger partial charge is 0.469 e. The molecule has 0 amide bonds. The maximum atomic E-state index is 13.4. The Bertz CT molecular complexity index is 642. The highest BCUT2D eigenvalue weighted by Gasteiger charge is 2.45. The highest BCUT2D eigenvalue weighted by molar-refractivity contribution is 7.89. The minimum atomic E-state index is -3.71. The van der Waals surface area contributed by atoms with Crippen LogP contribution in [0, 0.1) is 5.82 Å². The number of halogens is 1. The molecule has 0 saturated carbocycles. The van der Waals surface area contributed by atoms with Gasteiger partial charge < -0.3 is 4.74 Å². The second-order valence-electron chi connectivity index (χ2n) is 4.91. The van der Waals surface area contributed by atoms with Crippen molar-refractivity contribution in [3.8, 4) is 0 Å². The molecule has 0 bridgehead atoms. The van der Waals surface area contributed by atoms with E-state index in [-0.39, 0.29) is 17.4 Å². The summed E-state index contributed by atoms with van der Waals surface area (Å²) >= 11 is 0. The third kappa shape index (κ3) is 2.31. The van der Waals surface area contributed by atoms with Gasteiger partial charge in [-0.25, -0.2) is 12.8 Å². The van der Waals surface area contributed by atoms with Crippen molar-refractivity contribution in [1.82, 2.24) is 4.31 Å². The van der Waals surface area contributed by atoms with Gasteiger partial charge in [-0.1, -0.05) is 0 Å². The number of carbonyl (C=O) groups is 1. The lowest BCUT2D eigenvalue weighted by atomic mass is 10.0. The summed E-state index contributed by atoms with van der Waals surface area (Å²) < 4.78 is 44.2. The third-order valence-electron chi connectivity index (χ3n) is 3.29. The van der Waals surface area contributed by atoms with Crippen molar-refractivity contribution in [1.29, 1.82) is 0 Å². The Hall–Kier alpha value is -1.47. The van der Waals surface area contributed by atoms with Crippen LogP contribution in [-0.4, -0.2) is 31.8 Å². The Kier molecular flexibility index (Phi) is 3.84. The fraction of sp³-hybridized carbons (Fsp3) is 0.462. The van der Waals surface area contributed by atoms with E-state index >= 15 is 0 Å². The SMILES string of the molecule is COC(=O)C[C@H]1c2cc(F)ccc2S(=O)(=O)N1C(C)C. The van der Waals surface area contributed by atoms with Crippen molar-refractivity contribution < 1.29 is 22.3 Å². The van der Waals surface area contributed by atoms with E-state index in [1.165, 1.54) is 23.5 Å². The molecule has 1 heterocycles. The van der Waals surface area contributed by atoms with Crippen molar-refractivity contribution in [2.45, 2.75) is 37.2 Å². The fourth-order valence-electron chi connectivity index (χ4n) is 2.51. The van der Waals surface area contributed by atoms with Gasteiger partial charge in [-0.2, -0.15) is 4.31 Å². The quantitative estimate of drug-likeness (QED) is 0.799. The summed E-state index contributed by atoms with van der Waals surface area (Å²) in [6, 6.07) is 2.45. The van der Waals surface area contributed by atoms with E-state index < -0.39 is 27.9 Å². The monoisotopic (exact) mass is 301 g/mol. The molecule has 1 aromatic carbocycles. The Morgan fingerprint density at radius 1 is 1.45 bits per heavy atom. The summed E-state index contributed by atoms with van der Waals surface area (Å²) in [6.07, 6.45) is -0.135. The molecule has 0 unspecified atom stereocenters. The highest BCUT2D eigenvalue weighted by atomic mass is 32.2. The van der Waals surface area contributed by atoms with Crippen molar-refractivity contribution >= 4 is 16.0 Å². The predicted molar refractivity (Wildman–Crippen MR) is 69.9 cm³/mol. The lowest BCUT2D eigenvalue weighted by Crippen LogP contribution is -2.35. The van der Waals surface area contributed by atoms with Crippen molar-refractivity contribution in [3.05, 3.63) is 29.6 Å². The number of hydrogen-bond donors (Lipinski definition) is 0. The number of sulfonamides is 1. The number of carbonyl (C=O) groups excluding carboxylic acids is 1. The Morgan fingerprint density at radius 3 is 2.65 bits per heavy atom. The van der Waals surface area contributed by atoms with E-state index in [4.69, 9.17) is 0 Å². The average Bonchev–Trinajstić information content (AvgIpc) is 2.56. The van der Waals surface area contributed by atoms with Gasteiger partial charge in [-0.05, 0) is 37.6 Å². The van der Waals surface area contributed by atoms with E-state index in [9.17, 15) is 17.6 Å². The average molecular weight is 301 g/mol. The van der Waals surface area contributed by atoms with Gasteiger partial charge >= 0.3 is 5.97 Å². The number of esters is 1. The lowest BCUT2D eigenvalue weighted by molar-refractivity contribution is -0.141. The van der Waals surface area contributed by atoms with Gasteiger partial charge in [0.05, 0.1) is 24.5 Å². The van der Waals surface area contributed by atoms with Gasteiger partial charge in [-0.15, -0.1) is 0 Å². The van der Waals surface area contributed by atoms with E-state index in [0.29, 0.717) is 5.56 Å². The first-order chi connectivity index (χ1) is 9.28. The van der Waals surface area contributed by atoms with Crippen LogP contribution in [0.15, 0.2) is 23.1 Å². The van der Waals surface area contributed by atoms with Crippen LogP contribution in [0.2, 0.25) is 0 Å². The minimum Gasteiger partial charge on any atom is -0.469 e. The first kappa shape index (κ1) is 14.9. The molecule has 20 heavy (non-hydrogen) atoms. The number of benzene rings is 1. The highest BCUT2D eigenvalue weighted by Crippen LogP contribution is 2.43. The maximum Gasteiger partial charge on any atom is 0.307 e. The van der Waals surface area contributed by atoms with E-state index in [1.54, 1.807) is 13.8 Å². The minimum absolute atomic E-state index is 0.0569. The Labute approximate surface area is 117 Å². The molecule has 1 aromatic rings. The lowest BCUT2D eigenvalue weighted by Gasteiger charge is -2.26. The number of rotatable bonds is 3. The third-order valence-corrected chi connectivity index (χ3v) is 5.45. The number of ether oxygens (including phenoxy) is 1. The molecule has 0 aliphatic carbocycles.